The van der Waals surface area contributed by atoms with Gasteiger partial charge in [-0.2, -0.15) is 0 Å². The van der Waals surface area contributed by atoms with Crippen molar-refractivity contribution in [3.63, 3.8) is 0 Å². The number of hydrogen-bond donors (Lipinski definition) is 2. The van der Waals surface area contributed by atoms with Crippen molar-refractivity contribution in [3.8, 4) is 0 Å². The van der Waals surface area contributed by atoms with Gasteiger partial charge in [0, 0.05) is 35.0 Å². The van der Waals surface area contributed by atoms with Crippen molar-refractivity contribution in [2.75, 3.05) is 44.7 Å². The van der Waals surface area contributed by atoms with E-state index in [1.54, 1.807) is 6.33 Å². The van der Waals surface area contributed by atoms with Gasteiger partial charge in [0.2, 0.25) is 0 Å². The molecule has 0 radical (unpaired) electrons. The zero-order valence-corrected chi connectivity index (χ0v) is 15.0. The highest BCUT2D eigenvalue weighted by Crippen LogP contribution is 2.29. The summed E-state index contributed by atoms with van der Waals surface area (Å²) in [6.07, 6.45) is 2.71. The van der Waals surface area contributed by atoms with Crippen LogP contribution in [0, 0.1) is 0 Å². The minimum absolute atomic E-state index is 0.852. The molecular formula is C17H20BrN5O. The topological polar surface area (TPSA) is 66.1 Å². The number of anilines is 1. The molecule has 3 aromatic rings. The summed E-state index contributed by atoms with van der Waals surface area (Å²) < 4.78 is 6.43. The highest BCUT2D eigenvalue weighted by atomic mass is 79.9. The Morgan fingerprint density at radius 3 is 3.00 bits per heavy atom. The number of aromatic nitrogens is 3. The van der Waals surface area contributed by atoms with E-state index in [9.17, 15) is 0 Å². The van der Waals surface area contributed by atoms with Gasteiger partial charge in [0.1, 0.15) is 17.4 Å². The molecule has 0 bridgehead atoms. The molecule has 1 fully saturated rings. The molecule has 0 atom stereocenters. The molecule has 1 aliphatic heterocycles. The van der Waals surface area contributed by atoms with Crippen molar-refractivity contribution < 1.29 is 4.74 Å². The average Bonchev–Trinajstić information content (AvgIpc) is 2.98. The maximum absolute atomic E-state index is 5.38. The molecule has 24 heavy (non-hydrogen) atoms. The first-order valence-corrected chi connectivity index (χ1v) is 9.06. The Bertz CT molecular complexity index is 843. The number of hydrogen-bond acceptors (Lipinski definition) is 5. The highest BCUT2D eigenvalue weighted by molar-refractivity contribution is 9.10. The molecular weight excluding hydrogens is 370 g/mol. The van der Waals surface area contributed by atoms with Gasteiger partial charge in [-0.3, -0.25) is 4.90 Å². The second-order valence-electron chi connectivity index (χ2n) is 6.00. The van der Waals surface area contributed by atoms with Crippen molar-refractivity contribution >= 4 is 43.7 Å². The first-order chi connectivity index (χ1) is 11.8. The lowest BCUT2D eigenvalue weighted by Crippen LogP contribution is -2.37. The largest absolute Gasteiger partial charge is 0.379 e. The van der Waals surface area contributed by atoms with Gasteiger partial charge in [-0.25, -0.2) is 9.97 Å². The molecule has 0 amide bonds. The van der Waals surface area contributed by atoms with E-state index in [2.05, 4.69) is 53.2 Å². The zero-order chi connectivity index (χ0) is 16.4. The van der Waals surface area contributed by atoms with Crippen LogP contribution in [0.3, 0.4) is 0 Å². The van der Waals surface area contributed by atoms with Crippen molar-refractivity contribution in [3.05, 3.63) is 29.0 Å². The number of nitrogens with one attached hydrogen (secondary N) is 2. The molecule has 2 N–H and O–H groups in total. The van der Waals surface area contributed by atoms with Crippen LogP contribution in [-0.4, -0.2) is 59.2 Å². The lowest BCUT2D eigenvalue weighted by Gasteiger charge is -2.26. The molecule has 6 nitrogen and oxygen atoms in total. The molecule has 1 aliphatic rings. The fourth-order valence-corrected chi connectivity index (χ4v) is 3.49. The SMILES string of the molecule is Brc1ccc2[nH]c3c(NCCCN4CCOCC4)ncnc3c2c1. The number of fused-ring (bicyclic) bond motifs is 3. The van der Waals surface area contributed by atoms with Crippen molar-refractivity contribution in [1.82, 2.24) is 19.9 Å². The Labute approximate surface area is 148 Å². The minimum Gasteiger partial charge on any atom is -0.379 e. The van der Waals surface area contributed by atoms with Crippen LogP contribution in [-0.2, 0) is 4.74 Å². The Morgan fingerprint density at radius 1 is 1.25 bits per heavy atom. The van der Waals surface area contributed by atoms with E-state index in [4.69, 9.17) is 4.74 Å². The molecule has 7 heteroatoms. The van der Waals surface area contributed by atoms with Crippen molar-refractivity contribution in [2.24, 2.45) is 0 Å². The zero-order valence-electron chi connectivity index (χ0n) is 13.4. The third-order valence-electron chi connectivity index (χ3n) is 4.39. The number of nitrogens with zero attached hydrogens (tertiary/aromatic N) is 3. The number of morpholine rings is 1. The van der Waals surface area contributed by atoms with Crippen LogP contribution in [0.25, 0.3) is 21.9 Å². The van der Waals surface area contributed by atoms with Gasteiger partial charge < -0.3 is 15.0 Å². The molecule has 3 heterocycles. The molecule has 2 aromatic heterocycles. The fourth-order valence-electron chi connectivity index (χ4n) is 3.13. The van der Waals surface area contributed by atoms with E-state index in [1.807, 2.05) is 6.07 Å². The van der Waals surface area contributed by atoms with Crippen molar-refractivity contribution in [1.29, 1.82) is 0 Å². The summed E-state index contributed by atoms with van der Waals surface area (Å²) in [5, 5.41) is 4.56. The molecule has 0 saturated carbocycles. The molecule has 1 saturated heterocycles. The van der Waals surface area contributed by atoms with E-state index in [0.29, 0.717) is 0 Å². The normalized spacial score (nSPS) is 16.0. The molecule has 126 valence electrons. The van der Waals surface area contributed by atoms with Gasteiger partial charge in [0.05, 0.1) is 13.2 Å². The summed E-state index contributed by atoms with van der Waals surface area (Å²) in [5.41, 5.74) is 3.00. The van der Waals surface area contributed by atoms with Gasteiger partial charge in [-0.1, -0.05) is 15.9 Å². The number of halogens is 1. The van der Waals surface area contributed by atoms with Crippen LogP contribution >= 0.6 is 15.9 Å². The highest BCUT2D eigenvalue weighted by Gasteiger charge is 2.12. The molecule has 1 aromatic carbocycles. The summed E-state index contributed by atoms with van der Waals surface area (Å²) in [5.74, 6) is 0.870. The predicted octanol–water partition coefficient (Wildman–Crippen LogP) is 3.01. The van der Waals surface area contributed by atoms with Gasteiger partial charge in [0.25, 0.3) is 0 Å². The van der Waals surface area contributed by atoms with Gasteiger partial charge in [0.15, 0.2) is 5.82 Å². The van der Waals surface area contributed by atoms with Gasteiger partial charge >= 0.3 is 0 Å². The Morgan fingerprint density at radius 2 is 2.12 bits per heavy atom. The van der Waals surface area contributed by atoms with Crippen LogP contribution in [0.5, 0.6) is 0 Å². The van der Waals surface area contributed by atoms with Crippen LogP contribution in [0.2, 0.25) is 0 Å². The van der Waals surface area contributed by atoms with E-state index in [-0.39, 0.29) is 0 Å². The molecule has 0 unspecified atom stereocenters. The van der Waals surface area contributed by atoms with E-state index < -0.39 is 0 Å². The smallest absolute Gasteiger partial charge is 0.153 e. The van der Waals surface area contributed by atoms with Crippen molar-refractivity contribution in [2.45, 2.75) is 6.42 Å². The second kappa shape index (κ2) is 7.04. The quantitative estimate of drug-likeness (QED) is 0.656. The first-order valence-electron chi connectivity index (χ1n) is 8.27. The number of rotatable bonds is 5. The Balaban J connectivity index is 1.46. The summed E-state index contributed by atoms with van der Waals surface area (Å²) in [7, 11) is 0. The monoisotopic (exact) mass is 389 g/mol. The van der Waals surface area contributed by atoms with Crippen LogP contribution in [0.1, 0.15) is 6.42 Å². The summed E-state index contributed by atoms with van der Waals surface area (Å²) in [6.45, 7) is 5.76. The lowest BCUT2D eigenvalue weighted by molar-refractivity contribution is 0.0378. The van der Waals surface area contributed by atoms with Crippen LogP contribution < -0.4 is 5.32 Å². The van der Waals surface area contributed by atoms with Crippen LogP contribution in [0.15, 0.2) is 29.0 Å². The van der Waals surface area contributed by atoms with Crippen LogP contribution in [0.4, 0.5) is 5.82 Å². The lowest BCUT2D eigenvalue weighted by atomic mass is 10.2. The standard InChI is InChI=1S/C17H20BrN5O/c18-12-2-3-14-13(10-12)15-16(22-14)17(21-11-20-15)19-4-1-5-23-6-8-24-9-7-23/h2-3,10-11,22H,1,4-9H2,(H,19,20,21). The Hall–Kier alpha value is -1.70. The molecule has 0 spiro atoms. The minimum atomic E-state index is 0.852. The predicted molar refractivity (Wildman–Crippen MR) is 99.5 cm³/mol. The number of aromatic amines is 1. The summed E-state index contributed by atoms with van der Waals surface area (Å²) >= 11 is 3.52. The summed E-state index contributed by atoms with van der Waals surface area (Å²) in [6, 6.07) is 6.17. The Kier molecular flexibility index (Phi) is 4.64. The summed E-state index contributed by atoms with van der Waals surface area (Å²) in [4.78, 5) is 14.7. The maximum Gasteiger partial charge on any atom is 0.153 e. The van der Waals surface area contributed by atoms with E-state index >= 15 is 0 Å². The maximum atomic E-state index is 5.38. The first kappa shape index (κ1) is 15.8. The van der Waals surface area contributed by atoms with E-state index in [1.165, 1.54) is 0 Å². The second-order valence-corrected chi connectivity index (χ2v) is 6.91. The third kappa shape index (κ3) is 3.24. The fraction of sp³-hybridized carbons (Fsp3) is 0.412. The van der Waals surface area contributed by atoms with E-state index in [0.717, 1.165) is 78.0 Å². The molecule has 0 aliphatic carbocycles. The number of benzene rings is 1. The number of H-pyrrole nitrogens is 1. The third-order valence-corrected chi connectivity index (χ3v) is 4.88. The average molecular weight is 390 g/mol. The molecule has 4 rings (SSSR count). The van der Waals surface area contributed by atoms with Gasteiger partial charge in [-0.15, -0.1) is 0 Å². The number of ether oxygens (including phenoxy) is 1. The van der Waals surface area contributed by atoms with Gasteiger partial charge in [-0.05, 0) is 31.2 Å².